The molecule has 2 atom stereocenters. The number of aryl methyl sites for hydroxylation is 1. The molecule has 2 aliphatic rings. The predicted octanol–water partition coefficient (Wildman–Crippen LogP) is 2.22. The van der Waals surface area contributed by atoms with E-state index in [-0.39, 0.29) is 0 Å². The molecule has 2 heteroatoms. The minimum absolute atomic E-state index is 0.902. The zero-order valence-corrected chi connectivity index (χ0v) is 10.2. The first-order valence-electron chi connectivity index (χ1n) is 6.76. The molecule has 0 aromatic carbocycles. The van der Waals surface area contributed by atoms with Crippen LogP contribution in [0.15, 0.2) is 12.3 Å². The molecule has 0 saturated carbocycles. The number of fused-ring (bicyclic) bond motifs is 2. The van der Waals surface area contributed by atoms with Crippen LogP contribution in [0.25, 0.3) is 0 Å². The number of nitrogens with one attached hydrogen (secondary N) is 1. The summed E-state index contributed by atoms with van der Waals surface area (Å²) in [6, 6.07) is 2.36. The molecule has 0 bridgehead atoms. The average molecular weight is 218 g/mol. The van der Waals surface area contributed by atoms with Crippen LogP contribution < -0.4 is 5.32 Å². The van der Waals surface area contributed by atoms with Crippen LogP contribution in [-0.2, 0) is 19.4 Å². The maximum absolute atomic E-state index is 3.54. The standard InChI is InChI=1S/C14H22N2/c1-2-6-16-7-4-12-8-13-10-15-5-3-11(13)9-14(12)16/h4,7,11,13,15H,2-3,5-6,8-10H2,1H3. The predicted molar refractivity (Wildman–Crippen MR) is 66.6 cm³/mol. The van der Waals surface area contributed by atoms with Crippen LogP contribution in [-0.4, -0.2) is 17.7 Å². The summed E-state index contributed by atoms with van der Waals surface area (Å²) in [6.07, 6.45) is 7.56. The fraction of sp³-hybridized carbons (Fsp3) is 0.714. The molecular weight excluding hydrogens is 196 g/mol. The van der Waals surface area contributed by atoms with Crippen molar-refractivity contribution in [3.05, 3.63) is 23.5 Å². The highest BCUT2D eigenvalue weighted by Crippen LogP contribution is 2.34. The third-order valence-electron chi connectivity index (χ3n) is 4.34. The maximum atomic E-state index is 3.54. The Morgan fingerprint density at radius 2 is 2.31 bits per heavy atom. The molecule has 1 aromatic rings. The van der Waals surface area contributed by atoms with Gasteiger partial charge < -0.3 is 9.88 Å². The Hall–Kier alpha value is -0.760. The van der Waals surface area contributed by atoms with Crippen molar-refractivity contribution >= 4 is 0 Å². The Morgan fingerprint density at radius 1 is 1.38 bits per heavy atom. The van der Waals surface area contributed by atoms with Gasteiger partial charge >= 0.3 is 0 Å². The lowest BCUT2D eigenvalue weighted by atomic mass is 9.75. The number of rotatable bonds is 2. The first-order valence-corrected chi connectivity index (χ1v) is 6.76. The molecule has 1 fully saturated rings. The van der Waals surface area contributed by atoms with Crippen LogP contribution in [0.5, 0.6) is 0 Å². The Kier molecular flexibility index (Phi) is 2.76. The molecule has 2 nitrogen and oxygen atoms in total. The van der Waals surface area contributed by atoms with E-state index < -0.39 is 0 Å². The van der Waals surface area contributed by atoms with Crippen LogP contribution in [0, 0.1) is 11.8 Å². The molecule has 2 unspecified atom stereocenters. The summed E-state index contributed by atoms with van der Waals surface area (Å²) in [6.45, 7) is 5.93. The lowest BCUT2D eigenvalue weighted by Crippen LogP contribution is -2.41. The van der Waals surface area contributed by atoms with E-state index >= 15 is 0 Å². The minimum Gasteiger partial charge on any atom is -0.351 e. The quantitative estimate of drug-likeness (QED) is 0.805. The van der Waals surface area contributed by atoms with Crippen LogP contribution in [0.1, 0.15) is 31.0 Å². The van der Waals surface area contributed by atoms with Crippen molar-refractivity contribution in [3.8, 4) is 0 Å². The summed E-state index contributed by atoms with van der Waals surface area (Å²) < 4.78 is 2.49. The van der Waals surface area contributed by atoms with E-state index in [2.05, 4.69) is 29.1 Å². The fourth-order valence-corrected chi connectivity index (χ4v) is 3.45. The van der Waals surface area contributed by atoms with Gasteiger partial charge in [0.25, 0.3) is 0 Å². The van der Waals surface area contributed by atoms with Crippen molar-refractivity contribution in [1.29, 1.82) is 0 Å². The van der Waals surface area contributed by atoms with E-state index in [0.29, 0.717) is 0 Å². The molecule has 1 aromatic heterocycles. The summed E-state index contributed by atoms with van der Waals surface area (Å²) in [5.74, 6) is 1.85. The number of aromatic nitrogens is 1. The largest absolute Gasteiger partial charge is 0.351 e. The number of hydrogen-bond donors (Lipinski definition) is 1. The van der Waals surface area contributed by atoms with Crippen molar-refractivity contribution in [3.63, 3.8) is 0 Å². The summed E-state index contributed by atoms with van der Waals surface area (Å²) in [4.78, 5) is 0. The molecule has 2 heterocycles. The Balaban J connectivity index is 1.85. The molecular formula is C14H22N2. The zero-order chi connectivity index (χ0) is 11.0. The van der Waals surface area contributed by atoms with Gasteiger partial charge in [-0.2, -0.15) is 0 Å². The highest BCUT2D eigenvalue weighted by atomic mass is 15.0. The van der Waals surface area contributed by atoms with E-state index in [1.807, 2.05) is 0 Å². The lowest BCUT2D eigenvalue weighted by Gasteiger charge is -2.36. The smallest absolute Gasteiger partial charge is 0.0219 e. The van der Waals surface area contributed by atoms with Crippen molar-refractivity contribution in [2.75, 3.05) is 13.1 Å². The molecule has 16 heavy (non-hydrogen) atoms. The second-order valence-electron chi connectivity index (χ2n) is 5.40. The van der Waals surface area contributed by atoms with Gasteiger partial charge in [0.05, 0.1) is 0 Å². The van der Waals surface area contributed by atoms with Crippen LogP contribution in [0.2, 0.25) is 0 Å². The molecule has 0 spiro atoms. The lowest BCUT2D eigenvalue weighted by molar-refractivity contribution is 0.233. The van der Waals surface area contributed by atoms with Gasteiger partial charge in [0.2, 0.25) is 0 Å². The molecule has 1 aliphatic carbocycles. The van der Waals surface area contributed by atoms with Gasteiger partial charge in [0, 0.05) is 18.4 Å². The second kappa shape index (κ2) is 4.25. The van der Waals surface area contributed by atoms with E-state index in [1.54, 1.807) is 11.3 Å². The molecule has 88 valence electrons. The molecule has 1 saturated heterocycles. The second-order valence-corrected chi connectivity index (χ2v) is 5.40. The summed E-state index contributed by atoms with van der Waals surface area (Å²) in [5.41, 5.74) is 3.27. The number of piperidine rings is 1. The molecule has 3 rings (SSSR count). The highest BCUT2D eigenvalue weighted by molar-refractivity contribution is 5.27. The molecule has 1 aliphatic heterocycles. The zero-order valence-electron chi connectivity index (χ0n) is 10.2. The fourth-order valence-electron chi connectivity index (χ4n) is 3.45. The van der Waals surface area contributed by atoms with Crippen LogP contribution in [0.4, 0.5) is 0 Å². The summed E-state index contributed by atoms with van der Waals surface area (Å²) in [7, 11) is 0. The SMILES string of the molecule is CCCn1ccc2c1CC1CCNCC1C2. The van der Waals surface area contributed by atoms with E-state index in [1.165, 1.54) is 45.3 Å². The van der Waals surface area contributed by atoms with Gasteiger partial charge in [0.15, 0.2) is 0 Å². The van der Waals surface area contributed by atoms with Gasteiger partial charge in [-0.15, -0.1) is 0 Å². The van der Waals surface area contributed by atoms with Gasteiger partial charge in [-0.3, -0.25) is 0 Å². The molecule has 0 amide bonds. The van der Waals surface area contributed by atoms with Crippen molar-refractivity contribution < 1.29 is 0 Å². The van der Waals surface area contributed by atoms with Crippen molar-refractivity contribution in [2.45, 2.75) is 39.2 Å². The minimum atomic E-state index is 0.902. The third-order valence-corrected chi connectivity index (χ3v) is 4.34. The van der Waals surface area contributed by atoms with Crippen molar-refractivity contribution in [1.82, 2.24) is 9.88 Å². The summed E-state index contributed by atoms with van der Waals surface area (Å²) >= 11 is 0. The first-order chi connectivity index (χ1) is 7.88. The normalized spacial score (nSPS) is 28.6. The Bertz CT molecular complexity index is 367. The van der Waals surface area contributed by atoms with Crippen LogP contribution >= 0.6 is 0 Å². The molecule has 0 radical (unpaired) electrons. The van der Waals surface area contributed by atoms with E-state index in [0.717, 1.165) is 11.8 Å². The third kappa shape index (κ3) is 1.69. The number of nitrogens with zero attached hydrogens (tertiary/aromatic N) is 1. The van der Waals surface area contributed by atoms with Gasteiger partial charge in [0.1, 0.15) is 0 Å². The molecule has 1 N–H and O–H groups in total. The monoisotopic (exact) mass is 218 g/mol. The van der Waals surface area contributed by atoms with Crippen LogP contribution in [0.3, 0.4) is 0 Å². The Labute approximate surface area is 98.0 Å². The average Bonchev–Trinajstić information content (AvgIpc) is 2.70. The Morgan fingerprint density at radius 3 is 3.19 bits per heavy atom. The van der Waals surface area contributed by atoms with E-state index in [4.69, 9.17) is 0 Å². The van der Waals surface area contributed by atoms with Gasteiger partial charge in [-0.25, -0.2) is 0 Å². The van der Waals surface area contributed by atoms with Gasteiger partial charge in [-0.1, -0.05) is 6.92 Å². The van der Waals surface area contributed by atoms with Crippen molar-refractivity contribution in [2.24, 2.45) is 11.8 Å². The number of hydrogen-bond acceptors (Lipinski definition) is 1. The maximum Gasteiger partial charge on any atom is 0.0219 e. The van der Waals surface area contributed by atoms with Gasteiger partial charge in [-0.05, 0) is 62.2 Å². The highest BCUT2D eigenvalue weighted by Gasteiger charge is 2.31. The van der Waals surface area contributed by atoms with E-state index in [9.17, 15) is 0 Å². The topological polar surface area (TPSA) is 17.0 Å². The first kappa shape index (κ1) is 10.4. The summed E-state index contributed by atoms with van der Waals surface area (Å²) in [5, 5.41) is 3.54.